The van der Waals surface area contributed by atoms with Crippen molar-refractivity contribution in [2.24, 2.45) is 0 Å². The standard InChI is InChI=1S/C14H20/c1-5-9-12-13(8-4)14(10-6-2)11-7-3/h6-12H,4-5H2,1-3H3/b10-6-,11-7-,12-9-. The summed E-state index contributed by atoms with van der Waals surface area (Å²) in [7, 11) is 0. The van der Waals surface area contributed by atoms with E-state index >= 15 is 0 Å². The van der Waals surface area contributed by atoms with Crippen LogP contribution in [-0.2, 0) is 0 Å². The Kier molecular flexibility index (Phi) is 7.53. The van der Waals surface area contributed by atoms with Crippen LogP contribution in [-0.4, -0.2) is 0 Å². The molecule has 0 N–H and O–H groups in total. The minimum atomic E-state index is 1.05. The molecular formula is C14H20. The Bertz CT molecular complexity index is 258. The molecule has 0 aliphatic carbocycles. The quantitative estimate of drug-likeness (QED) is 0.554. The first-order valence-electron chi connectivity index (χ1n) is 5.08. The second kappa shape index (κ2) is 8.31. The van der Waals surface area contributed by atoms with Gasteiger partial charge in [-0.3, -0.25) is 0 Å². The van der Waals surface area contributed by atoms with Crippen molar-refractivity contribution < 1.29 is 0 Å². The van der Waals surface area contributed by atoms with Gasteiger partial charge >= 0.3 is 0 Å². The molecule has 0 rings (SSSR count). The third-order valence-electron chi connectivity index (χ3n) is 1.78. The van der Waals surface area contributed by atoms with Crippen LogP contribution in [0.4, 0.5) is 0 Å². The van der Waals surface area contributed by atoms with E-state index in [1.165, 1.54) is 11.1 Å². The molecule has 0 saturated heterocycles. The highest BCUT2D eigenvalue weighted by Gasteiger charge is 1.91. The van der Waals surface area contributed by atoms with Gasteiger partial charge in [-0.25, -0.2) is 0 Å². The van der Waals surface area contributed by atoms with Gasteiger partial charge in [0.15, 0.2) is 0 Å². The number of allylic oxidation sites excluding steroid dienone is 9. The number of hydrogen-bond donors (Lipinski definition) is 0. The first kappa shape index (κ1) is 12.7. The van der Waals surface area contributed by atoms with E-state index in [0.717, 1.165) is 6.42 Å². The molecular weight excluding hydrogens is 168 g/mol. The van der Waals surface area contributed by atoms with Gasteiger partial charge in [-0.05, 0) is 31.4 Å². The van der Waals surface area contributed by atoms with Gasteiger partial charge in [0.2, 0.25) is 0 Å². The van der Waals surface area contributed by atoms with Crippen LogP contribution >= 0.6 is 0 Å². The minimum Gasteiger partial charge on any atom is -0.0984 e. The van der Waals surface area contributed by atoms with Crippen molar-refractivity contribution in [2.45, 2.75) is 27.2 Å². The lowest BCUT2D eigenvalue weighted by Crippen LogP contribution is -1.79. The zero-order chi connectivity index (χ0) is 10.8. The zero-order valence-electron chi connectivity index (χ0n) is 9.46. The molecule has 0 amide bonds. The van der Waals surface area contributed by atoms with Crippen molar-refractivity contribution >= 4 is 0 Å². The van der Waals surface area contributed by atoms with Crippen molar-refractivity contribution in [3.8, 4) is 0 Å². The molecule has 0 radical (unpaired) electrons. The van der Waals surface area contributed by atoms with E-state index in [-0.39, 0.29) is 0 Å². The highest BCUT2D eigenvalue weighted by molar-refractivity contribution is 5.45. The van der Waals surface area contributed by atoms with Crippen molar-refractivity contribution in [2.75, 3.05) is 0 Å². The first-order valence-corrected chi connectivity index (χ1v) is 5.08. The summed E-state index contributed by atoms with van der Waals surface area (Å²) in [6.07, 6.45) is 15.5. The molecule has 0 spiro atoms. The smallest absolute Gasteiger partial charge is 0.0191 e. The maximum atomic E-state index is 3.82. The van der Waals surface area contributed by atoms with Gasteiger partial charge in [0.25, 0.3) is 0 Å². The Hall–Kier alpha value is -1.30. The van der Waals surface area contributed by atoms with Gasteiger partial charge in [-0.2, -0.15) is 0 Å². The fourth-order valence-electron chi connectivity index (χ4n) is 1.13. The molecule has 0 fully saturated rings. The Morgan fingerprint density at radius 1 is 1.00 bits per heavy atom. The summed E-state index contributed by atoms with van der Waals surface area (Å²) in [4.78, 5) is 0. The molecule has 14 heavy (non-hydrogen) atoms. The van der Waals surface area contributed by atoms with E-state index in [4.69, 9.17) is 0 Å². The van der Waals surface area contributed by atoms with E-state index in [0.29, 0.717) is 0 Å². The molecule has 0 aromatic carbocycles. The molecule has 0 aromatic rings. The largest absolute Gasteiger partial charge is 0.0984 e. The molecule has 0 bridgehead atoms. The van der Waals surface area contributed by atoms with Crippen LogP contribution in [0, 0.1) is 0 Å². The van der Waals surface area contributed by atoms with Crippen LogP contribution in [0.2, 0.25) is 0 Å². The molecule has 0 saturated carbocycles. The molecule has 0 heteroatoms. The maximum Gasteiger partial charge on any atom is -0.0191 e. The zero-order valence-corrected chi connectivity index (χ0v) is 9.46. The first-order chi connectivity index (χ1) is 6.79. The third kappa shape index (κ3) is 4.66. The Morgan fingerprint density at radius 3 is 1.93 bits per heavy atom. The predicted octanol–water partition coefficient (Wildman–Crippen LogP) is 4.59. The van der Waals surface area contributed by atoms with Crippen LogP contribution in [0.1, 0.15) is 27.2 Å². The molecule has 0 nitrogen and oxygen atoms in total. The normalized spacial score (nSPS) is 11.6. The second-order valence-corrected chi connectivity index (χ2v) is 2.93. The number of hydrogen-bond acceptors (Lipinski definition) is 0. The van der Waals surface area contributed by atoms with E-state index in [1.807, 2.05) is 32.1 Å². The summed E-state index contributed by atoms with van der Waals surface area (Å²) in [6.45, 7) is 9.99. The number of rotatable bonds is 5. The summed E-state index contributed by atoms with van der Waals surface area (Å²) < 4.78 is 0. The van der Waals surface area contributed by atoms with E-state index in [1.54, 1.807) is 0 Å². The minimum absolute atomic E-state index is 1.05. The van der Waals surface area contributed by atoms with Crippen LogP contribution in [0.25, 0.3) is 0 Å². The van der Waals surface area contributed by atoms with Gasteiger partial charge in [0.1, 0.15) is 0 Å². The van der Waals surface area contributed by atoms with Crippen LogP contribution in [0.5, 0.6) is 0 Å². The van der Waals surface area contributed by atoms with Crippen molar-refractivity contribution in [1.29, 1.82) is 0 Å². The molecule has 0 aliphatic rings. The van der Waals surface area contributed by atoms with Gasteiger partial charge in [-0.15, -0.1) is 0 Å². The Balaban J connectivity index is 5.06. The van der Waals surface area contributed by atoms with Gasteiger partial charge < -0.3 is 0 Å². The summed E-state index contributed by atoms with van der Waals surface area (Å²) in [5.41, 5.74) is 2.37. The monoisotopic (exact) mass is 188 g/mol. The van der Waals surface area contributed by atoms with Crippen molar-refractivity contribution in [3.63, 3.8) is 0 Å². The molecule has 0 unspecified atom stereocenters. The SMILES string of the molecule is C=CC(/C=C\CC)=C(/C=C\C)/C=C\C. The van der Waals surface area contributed by atoms with Gasteiger partial charge in [0, 0.05) is 0 Å². The van der Waals surface area contributed by atoms with Crippen LogP contribution in [0.3, 0.4) is 0 Å². The fourth-order valence-corrected chi connectivity index (χ4v) is 1.13. The predicted molar refractivity (Wildman–Crippen MR) is 66.3 cm³/mol. The summed E-state index contributed by atoms with van der Waals surface area (Å²) >= 11 is 0. The Morgan fingerprint density at radius 2 is 1.57 bits per heavy atom. The summed E-state index contributed by atoms with van der Waals surface area (Å²) in [6, 6.07) is 0. The lowest BCUT2D eigenvalue weighted by atomic mass is 10.1. The van der Waals surface area contributed by atoms with Crippen molar-refractivity contribution in [3.05, 3.63) is 60.3 Å². The topological polar surface area (TPSA) is 0 Å². The van der Waals surface area contributed by atoms with E-state index < -0.39 is 0 Å². The fraction of sp³-hybridized carbons (Fsp3) is 0.286. The second-order valence-electron chi connectivity index (χ2n) is 2.93. The van der Waals surface area contributed by atoms with Crippen LogP contribution in [0.15, 0.2) is 60.3 Å². The van der Waals surface area contributed by atoms with E-state index in [9.17, 15) is 0 Å². The third-order valence-corrected chi connectivity index (χ3v) is 1.78. The molecule has 0 aliphatic heterocycles. The van der Waals surface area contributed by atoms with Gasteiger partial charge in [0.05, 0.1) is 0 Å². The average Bonchev–Trinajstić information content (AvgIpc) is 2.19. The van der Waals surface area contributed by atoms with Gasteiger partial charge in [-0.1, -0.05) is 56.0 Å². The summed E-state index contributed by atoms with van der Waals surface area (Å²) in [5.74, 6) is 0. The highest BCUT2D eigenvalue weighted by Crippen LogP contribution is 2.11. The molecule has 0 aromatic heterocycles. The van der Waals surface area contributed by atoms with Crippen molar-refractivity contribution in [1.82, 2.24) is 0 Å². The highest BCUT2D eigenvalue weighted by atomic mass is 14.0. The average molecular weight is 188 g/mol. The van der Waals surface area contributed by atoms with E-state index in [2.05, 4.69) is 37.8 Å². The molecule has 0 atom stereocenters. The molecule has 0 heterocycles. The lowest BCUT2D eigenvalue weighted by Gasteiger charge is -1.99. The Labute approximate surface area is 88.0 Å². The lowest BCUT2D eigenvalue weighted by molar-refractivity contribution is 1.22. The summed E-state index contributed by atoms with van der Waals surface area (Å²) in [5, 5.41) is 0. The van der Waals surface area contributed by atoms with Crippen LogP contribution < -0.4 is 0 Å². The maximum absolute atomic E-state index is 3.82. The molecule has 76 valence electrons.